The van der Waals surface area contributed by atoms with Crippen LogP contribution in [-0.4, -0.2) is 86.3 Å². The van der Waals surface area contributed by atoms with Crippen LogP contribution in [0.5, 0.6) is 0 Å². The Balaban J connectivity index is 1.33. The van der Waals surface area contributed by atoms with E-state index in [1.165, 1.54) is 0 Å². The molecule has 1 N–H and O–H groups in total. The van der Waals surface area contributed by atoms with Crippen LogP contribution >= 0.6 is 0 Å². The van der Waals surface area contributed by atoms with Crippen molar-refractivity contribution in [1.82, 2.24) is 5.06 Å². The Hall–Kier alpha value is -0.280. The van der Waals surface area contributed by atoms with Crippen LogP contribution in [0.3, 0.4) is 0 Å². The highest BCUT2D eigenvalue weighted by Crippen LogP contribution is 2.41. The second-order valence-corrected chi connectivity index (χ2v) is 6.59. The molecule has 0 saturated carbocycles. The molecule has 0 spiro atoms. The fourth-order valence-electron chi connectivity index (χ4n) is 3.65. The number of ether oxygens (including phenoxy) is 4. The average Bonchev–Trinajstić information content (AvgIpc) is 3.25. The third-order valence-corrected chi connectivity index (χ3v) is 5.15. The Kier molecular flexibility index (Phi) is 3.05. The molecule has 0 aliphatic carbocycles. The van der Waals surface area contributed by atoms with Crippen molar-refractivity contribution < 1.29 is 30.3 Å². The van der Waals surface area contributed by atoms with Gasteiger partial charge in [0.15, 0.2) is 0 Å². The van der Waals surface area contributed by atoms with Gasteiger partial charge in [-0.2, -0.15) is 5.06 Å². The molecule has 0 radical (unpaired) electrons. The molecule has 4 bridgehead atoms. The summed E-state index contributed by atoms with van der Waals surface area (Å²) in [5, 5.41) is 11.9. The molecule has 0 unspecified atom stereocenters. The third-order valence-electron chi connectivity index (χ3n) is 5.15. The molecular weight excluding hydrogens is 278 g/mol. The first-order chi connectivity index (χ1) is 10.6. The molecule has 4 saturated heterocycles. The first-order valence-corrected chi connectivity index (χ1v) is 7.41. The Labute approximate surface area is 125 Å². The standard InChI is InChI=1S/C14H23NO6/c1-13-6-17-10(4-19-13)9(13)3-15(2)21-8-14-7-18-11(5-20-14)12(14)16/h9-12,16H,3-8H2,1-2H3/t9-,10-,11-,12-,13-,14+/m0/s1/i1D. The highest BCUT2D eigenvalue weighted by Gasteiger charge is 2.57. The van der Waals surface area contributed by atoms with Gasteiger partial charge in [-0.05, 0) is 6.90 Å². The number of fused-ring (bicyclic) bond motifs is 4. The van der Waals surface area contributed by atoms with Gasteiger partial charge in [-0.3, -0.25) is 4.84 Å². The lowest BCUT2D eigenvalue weighted by Gasteiger charge is -2.31. The zero-order chi connectivity index (χ0) is 15.4. The van der Waals surface area contributed by atoms with Gasteiger partial charge < -0.3 is 24.1 Å². The summed E-state index contributed by atoms with van der Waals surface area (Å²) in [7, 11) is 1.85. The lowest BCUT2D eigenvalue weighted by molar-refractivity contribution is -0.217. The maximum absolute atomic E-state index is 10.1. The van der Waals surface area contributed by atoms with Crippen LogP contribution < -0.4 is 0 Å². The monoisotopic (exact) mass is 302 g/mol. The largest absolute Gasteiger partial charge is 0.387 e. The number of rotatable bonds is 5. The number of aliphatic hydroxyl groups excluding tert-OH is 1. The van der Waals surface area contributed by atoms with Gasteiger partial charge in [0.2, 0.25) is 0 Å². The normalized spacial score (nSPS) is 52.0. The van der Waals surface area contributed by atoms with E-state index in [9.17, 15) is 5.11 Å². The van der Waals surface area contributed by atoms with Crippen molar-refractivity contribution in [2.75, 3.05) is 46.6 Å². The third kappa shape index (κ3) is 2.15. The van der Waals surface area contributed by atoms with E-state index >= 15 is 0 Å². The zero-order valence-corrected chi connectivity index (χ0v) is 12.2. The van der Waals surface area contributed by atoms with E-state index < -0.39 is 17.3 Å². The van der Waals surface area contributed by atoms with E-state index in [1.54, 1.807) is 5.06 Å². The van der Waals surface area contributed by atoms with E-state index in [0.717, 1.165) is 0 Å². The quantitative estimate of drug-likeness (QED) is 0.666. The summed E-state index contributed by atoms with van der Waals surface area (Å²) in [6.07, 6.45) is -0.815. The van der Waals surface area contributed by atoms with E-state index in [1.807, 2.05) is 7.05 Å². The fraction of sp³-hybridized carbons (Fsp3) is 1.00. The molecule has 21 heavy (non-hydrogen) atoms. The van der Waals surface area contributed by atoms with Gasteiger partial charge in [0.1, 0.15) is 24.4 Å². The highest BCUT2D eigenvalue weighted by molar-refractivity contribution is 5.04. The minimum atomic E-state index is -0.742. The first kappa shape index (κ1) is 13.2. The molecule has 120 valence electrons. The van der Waals surface area contributed by atoms with Crippen molar-refractivity contribution in [1.29, 1.82) is 0 Å². The zero-order valence-electron chi connectivity index (χ0n) is 13.2. The van der Waals surface area contributed by atoms with Gasteiger partial charge in [-0.1, -0.05) is 0 Å². The molecule has 4 heterocycles. The van der Waals surface area contributed by atoms with Crippen molar-refractivity contribution >= 4 is 0 Å². The van der Waals surface area contributed by atoms with Crippen LogP contribution in [0.25, 0.3) is 0 Å². The lowest BCUT2D eigenvalue weighted by Crippen LogP contribution is -2.47. The van der Waals surface area contributed by atoms with Gasteiger partial charge in [0.05, 0.1) is 38.1 Å². The smallest absolute Gasteiger partial charge is 0.145 e. The molecular formula is C14H23NO6. The van der Waals surface area contributed by atoms with Crippen LogP contribution in [0, 0.1) is 5.92 Å². The topological polar surface area (TPSA) is 69.6 Å². The van der Waals surface area contributed by atoms with Crippen LogP contribution in [0.1, 0.15) is 8.27 Å². The van der Waals surface area contributed by atoms with Gasteiger partial charge in [-0.15, -0.1) is 0 Å². The van der Waals surface area contributed by atoms with Crippen molar-refractivity contribution in [3.8, 4) is 0 Å². The Bertz CT molecular complexity index is 422. The maximum Gasteiger partial charge on any atom is 0.145 e. The number of aliphatic hydroxyl groups is 1. The molecule has 4 rings (SSSR count). The molecule has 0 aromatic carbocycles. The number of hydrogen-bond donors (Lipinski definition) is 1. The second kappa shape index (κ2) is 4.86. The minimum Gasteiger partial charge on any atom is -0.387 e. The lowest BCUT2D eigenvalue weighted by atomic mass is 9.91. The second-order valence-electron chi connectivity index (χ2n) is 6.59. The summed E-state index contributed by atoms with van der Waals surface area (Å²) >= 11 is 0. The molecule has 0 amide bonds. The van der Waals surface area contributed by atoms with Crippen molar-refractivity contribution in [3.05, 3.63) is 0 Å². The van der Waals surface area contributed by atoms with Crippen LogP contribution in [0.4, 0.5) is 0 Å². The number of nitrogens with zero attached hydrogens (tertiary/aromatic N) is 1. The van der Waals surface area contributed by atoms with Crippen LogP contribution in [-0.2, 0) is 23.8 Å². The Morgan fingerprint density at radius 1 is 1.29 bits per heavy atom. The molecule has 7 heteroatoms. The van der Waals surface area contributed by atoms with E-state index in [-0.39, 0.29) is 31.6 Å². The predicted molar refractivity (Wildman–Crippen MR) is 70.6 cm³/mol. The molecule has 0 aromatic rings. The summed E-state index contributed by atoms with van der Waals surface area (Å²) in [6.45, 7) is 2.90. The summed E-state index contributed by atoms with van der Waals surface area (Å²) in [4.78, 5) is 5.79. The molecule has 6 atom stereocenters. The molecule has 4 fully saturated rings. The highest BCUT2D eigenvalue weighted by atomic mass is 16.7. The van der Waals surface area contributed by atoms with Gasteiger partial charge >= 0.3 is 0 Å². The SMILES string of the molecule is [2H]C[C@@]12CO[C@@H](CO1)[C@@H]2CN(C)OC[C@@]12CO[C@@H](CO1)[C@@H]2O. The molecule has 4 aliphatic rings. The van der Waals surface area contributed by atoms with E-state index in [2.05, 4.69) is 0 Å². The summed E-state index contributed by atoms with van der Waals surface area (Å²) in [5.74, 6) is 0.134. The summed E-state index contributed by atoms with van der Waals surface area (Å²) < 4.78 is 30.3. The van der Waals surface area contributed by atoms with Gasteiger partial charge in [-0.25, -0.2) is 0 Å². The van der Waals surface area contributed by atoms with Crippen molar-refractivity contribution in [2.24, 2.45) is 5.92 Å². The summed E-state index contributed by atoms with van der Waals surface area (Å²) in [6, 6.07) is 0. The fourth-order valence-corrected chi connectivity index (χ4v) is 3.65. The number of hydrogen-bond acceptors (Lipinski definition) is 7. The Morgan fingerprint density at radius 2 is 2.10 bits per heavy atom. The van der Waals surface area contributed by atoms with Crippen molar-refractivity contribution in [3.63, 3.8) is 0 Å². The predicted octanol–water partition coefficient (Wildman–Crippen LogP) is -0.818. The number of hydroxylamine groups is 2. The van der Waals surface area contributed by atoms with E-state index in [4.69, 9.17) is 25.2 Å². The summed E-state index contributed by atoms with van der Waals surface area (Å²) in [5.41, 5.74) is -1.24. The first-order valence-electron chi connectivity index (χ1n) is 8.12. The Morgan fingerprint density at radius 3 is 2.67 bits per heavy atom. The molecule has 4 aliphatic heterocycles. The van der Waals surface area contributed by atoms with E-state index in [0.29, 0.717) is 33.0 Å². The molecule has 0 aromatic heterocycles. The molecule has 7 nitrogen and oxygen atoms in total. The van der Waals surface area contributed by atoms with Crippen LogP contribution in [0.15, 0.2) is 0 Å². The van der Waals surface area contributed by atoms with Crippen molar-refractivity contribution in [2.45, 2.75) is 36.4 Å². The average molecular weight is 302 g/mol. The minimum absolute atomic E-state index is 0.0436. The van der Waals surface area contributed by atoms with Crippen LogP contribution in [0.2, 0.25) is 0 Å². The van der Waals surface area contributed by atoms with Gasteiger partial charge in [0, 0.05) is 20.9 Å². The maximum atomic E-state index is 10.1. The van der Waals surface area contributed by atoms with Gasteiger partial charge in [0.25, 0.3) is 0 Å².